The molecule has 0 atom stereocenters. The van der Waals surface area contributed by atoms with E-state index in [1.807, 2.05) is 0 Å². The number of urea groups is 1. The molecule has 18 heavy (non-hydrogen) atoms. The van der Waals surface area contributed by atoms with Gasteiger partial charge in [0, 0.05) is 6.54 Å². The minimum Gasteiger partial charge on any atom is -0.396 e. The Morgan fingerprint density at radius 3 is 2.67 bits per heavy atom. The number of anilines is 1. The maximum Gasteiger partial charge on any atom is 0.328 e. The second kappa shape index (κ2) is 5.40. The highest BCUT2D eigenvalue weighted by molar-refractivity contribution is 7.90. The van der Waals surface area contributed by atoms with Crippen LogP contribution in [0.4, 0.5) is 14.9 Å². The summed E-state index contributed by atoms with van der Waals surface area (Å²) < 4.78 is 38.3. The molecule has 0 saturated carbocycles. The number of hydrogen-bond donors (Lipinski definition) is 3. The third-order valence-electron chi connectivity index (χ3n) is 1.91. The molecule has 0 saturated heterocycles. The van der Waals surface area contributed by atoms with Crippen molar-refractivity contribution < 1.29 is 17.6 Å². The Morgan fingerprint density at radius 1 is 1.50 bits per heavy atom. The van der Waals surface area contributed by atoms with E-state index < -0.39 is 26.8 Å². The highest BCUT2D eigenvalue weighted by atomic mass is 35.5. The lowest BCUT2D eigenvalue weighted by atomic mass is 10.3. The van der Waals surface area contributed by atoms with Gasteiger partial charge in [0.2, 0.25) is 0 Å². The number of nitrogens with one attached hydrogen (secondary N) is 2. The molecule has 0 aliphatic heterocycles. The van der Waals surface area contributed by atoms with Gasteiger partial charge >= 0.3 is 6.03 Å². The molecule has 0 spiro atoms. The fourth-order valence-corrected chi connectivity index (χ4v) is 2.60. The Morgan fingerprint density at radius 2 is 2.11 bits per heavy atom. The molecular weight excluding hydrogens is 285 g/mol. The van der Waals surface area contributed by atoms with E-state index in [2.05, 4.69) is 5.32 Å². The monoisotopic (exact) mass is 295 g/mol. The molecule has 9 heteroatoms. The minimum atomic E-state index is -4.19. The number of amides is 2. The first-order valence-corrected chi connectivity index (χ1v) is 6.69. The number of sulfonamides is 1. The highest BCUT2D eigenvalue weighted by Gasteiger charge is 2.22. The molecule has 1 aromatic rings. The van der Waals surface area contributed by atoms with Crippen LogP contribution in [0.25, 0.3) is 0 Å². The molecule has 0 aliphatic carbocycles. The first kappa shape index (κ1) is 14.5. The van der Waals surface area contributed by atoms with Gasteiger partial charge in [0.1, 0.15) is 10.7 Å². The predicted molar refractivity (Wildman–Crippen MR) is 65.2 cm³/mol. The molecule has 1 aromatic carbocycles. The number of carbonyl (C=O) groups is 1. The van der Waals surface area contributed by atoms with E-state index in [0.717, 1.165) is 12.1 Å². The molecular formula is C9H11ClFN3O3S. The molecule has 0 aliphatic rings. The van der Waals surface area contributed by atoms with Crippen LogP contribution in [0.3, 0.4) is 0 Å². The van der Waals surface area contributed by atoms with Crippen molar-refractivity contribution >= 4 is 33.3 Å². The molecule has 0 aromatic heterocycles. The average molecular weight is 296 g/mol. The summed E-state index contributed by atoms with van der Waals surface area (Å²) in [6.45, 7) is 1.87. The van der Waals surface area contributed by atoms with E-state index in [-0.39, 0.29) is 17.3 Å². The summed E-state index contributed by atoms with van der Waals surface area (Å²) in [7, 11) is -4.19. The Labute approximate surface area is 108 Å². The van der Waals surface area contributed by atoms with E-state index in [1.54, 1.807) is 11.6 Å². The predicted octanol–water partition coefficient (Wildman–Crippen LogP) is 1.07. The third-order valence-corrected chi connectivity index (χ3v) is 3.70. The van der Waals surface area contributed by atoms with Crippen molar-refractivity contribution in [2.45, 2.75) is 11.8 Å². The van der Waals surface area contributed by atoms with E-state index in [1.165, 1.54) is 0 Å². The Hall–Kier alpha value is -1.54. The Kier molecular flexibility index (Phi) is 4.36. The number of nitrogens with two attached hydrogens (primary N) is 1. The molecule has 0 fully saturated rings. The SMILES string of the molecule is CCNC(=O)NS(=O)(=O)c1cc(N)c(F)cc1Cl. The average Bonchev–Trinajstić information content (AvgIpc) is 2.22. The molecule has 4 N–H and O–H groups in total. The molecule has 100 valence electrons. The zero-order valence-corrected chi connectivity index (χ0v) is 10.9. The number of nitrogen functional groups attached to an aromatic ring is 1. The first-order chi connectivity index (χ1) is 8.27. The van der Waals surface area contributed by atoms with Crippen LogP contribution in [-0.2, 0) is 10.0 Å². The first-order valence-electron chi connectivity index (χ1n) is 4.83. The van der Waals surface area contributed by atoms with Crippen molar-refractivity contribution in [3.05, 3.63) is 23.0 Å². The fraction of sp³-hybridized carbons (Fsp3) is 0.222. The van der Waals surface area contributed by atoms with Crippen LogP contribution in [0.2, 0.25) is 5.02 Å². The molecule has 6 nitrogen and oxygen atoms in total. The second-order valence-corrected chi connectivity index (χ2v) is 5.33. The maximum absolute atomic E-state index is 13.0. The van der Waals surface area contributed by atoms with Gasteiger partial charge in [0.05, 0.1) is 10.7 Å². The topological polar surface area (TPSA) is 101 Å². The molecule has 2 amide bonds. The van der Waals surface area contributed by atoms with Gasteiger partial charge in [-0.25, -0.2) is 22.3 Å². The van der Waals surface area contributed by atoms with Crippen molar-refractivity contribution in [2.75, 3.05) is 12.3 Å². The van der Waals surface area contributed by atoms with Crippen LogP contribution in [0.1, 0.15) is 6.92 Å². The van der Waals surface area contributed by atoms with Gasteiger partial charge in [-0.1, -0.05) is 11.6 Å². The van der Waals surface area contributed by atoms with E-state index in [9.17, 15) is 17.6 Å². The summed E-state index contributed by atoms with van der Waals surface area (Å²) >= 11 is 5.60. The quantitative estimate of drug-likeness (QED) is 0.726. The Bertz CT molecular complexity index is 577. The van der Waals surface area contributed by atoms with Crippen molar-refractivity contribution in [2.24, 2.45) is 0 Å². The summed E-state index contributed by atoms with van der Waals surface area (Å²) in [5.41, 5.74) is 4.87. The smallest absolute Gasteiger partial charge is 0.328 e. The zero-order valence-electron chi connectivity index (χ0n) is 9.33. The van der Waals surface area contributed by atoms with Crippen LogP contribution in [0.5, 0.6) is 0 Å². The number of rotatable bonds is 3. The van der Waals surface area contributed by atoms with Crippen LogP contribution in [-0.4, -0.2) is 21.0 Å². The number of benzene rings is 1. The fourth-order valence-electron chi connectivity index (χ4n) is 1.12. The second-order valence-electron chi connectivity index (χ2n) is 3.27. The lowest BCUT2D eigenvalue weighted by Crippen LogP contribution is -2.39. The lowest BCUT2D eigenvalue weighted by molar-refractivity contribution is 0.246. The lowest BCUT2D eigenvalue weighted by Gasteiger charge is -2.09. The van der Waals surface area contributed by atoms with E-state index in [4.69, 9.17) is 17.3 Å². The van der Waals surface area contributed by atoms with Crippen molar-refractivity contribution in [1.82, 2.24) is 10.0 Å². The van der Waals surface area contributed by atoms with Crippen molar-refractivity contribution in [3.63, 3.8) is 0 Å². The van der Waals surface area contributed by atoms with Gasteiger partial charge in [-0.2, -0.15) is 0 Å². The number of carbonyl (C=O) groups excluding carboxylic acids is 1. The standard InChI is InChI=1S/C9H11ClFN3O3S/c1-2-13-9(15)14-18(16,17)8-4-7(12)6(11)3-5(8)10/h3-4H,2,12H2,1H3,(H2,13,14,15). The van der Waals surface area contributed by atoms with Gasteiger partial charge in [0.15, 0.2) is 0 Å². The van der Waals surface area contributed by atoms with Gasteiger partial charge in [0.25, 0.3) is 10.0 Å². The third kappa shape index (κ3) is 3.23. The van der Waals surface area contributed by atoms with E-state index >= 15 is 0 Å². The van der Waals surface area contributed by atoms with Gasteiger partial charge < -0.3 is 11.1 Å². The van der Waals surface area contributed by atoms with Gasteiger partial charge in [-0.05, 0) is 19.1 Å². The molecule has 1 rings (SSSR count). The minimum absolute atomic E-state index is 0.251. The van der Waals surface area contributed by atoms with E-state index in [0.29, 0.717) is 0 Å². The number of hydrogen-bond acceptors (Lipinski definition) is 4. The van der Waals surface area contributed by atoms with Crippen LogP contribution >= 0.6 is 11.6 Å². The summed E-state index contributed by atoms with van der Waals surface area (Å²) in [5, 5.41) is 1.88. The van der Waals surface area contributed by atoms with Crippen molar-refractivity contribution in [1.29, 1.82) is 0 Å². The van der Waals surface area contributed by atoms with Crippen LogP contribution in [0.15, 0.2) is 17.0 Å². The number of halogens is 2. The highest BCUT2D eigenvalue weighted by Crippen LogP contribution is 2.26. The summed E-state index contributed by atoms with van der Waals surface area (Å²) in [4.78, 5) is 10.7. The van der Waals surface area contributed by atoms with Gasteiger partial charge in [-0.3, -0.25) is 0 Å². The molecule has 0 radical (unpaired) electrons. The normalized spacial score (nSPS) is 11.1. The molecule has 0 bridgehead atoms. The molecule has 0 unspecified atom stereocenters. The zero-order chi connectivity index (χ0) is 13.9. The Balaban J connectivity index is 3.13. The van der Waals surface area contributed by atoms with Crippen molar-refractivity contribution in [3.8, 4) is 0 Å². The van der Waals surface area contributed by atoms with Crippen LogP contribution in [0, 0.1) is 5.82 Å². The largest absolute Gasteiger partial charge is 0.396 e. The summed E-state index contributed by atoms with van der Waals surface area (Å²) in [5.74, 6) is -0.836. The summed E-state index contributed by atoms with van der Waals surface area (Å²) in [6, 6.07) is 0.707. The van der Waals surface area contributed by atoms with Crippen LogP contribution < -0.4 is 15.8 Å². The molecule has 0 heterocycles. The summed E-state index contributed by atoms with van der Waals surface area (Å²) in [6.07, 6.45) is 0. The maximum atomic E-state index is 13.0. The van der Waals surface area contributed by atoms with Gasteiger partial charge in [-0.15, -0.1) is 0 Å².